The molecule has 1 saturated heterocycles. The molecule has 0 aromatic rings. The van der Waals surface area contributed by atoms with Gasteiger partial charge >= 0.3 is 6.18 Å². The molecule has 0 radical (unpaired) electrons. The van der Waals surface area contributed by atoms with E-state index in [1.54, 1.807) is 14.0 Å². The number of halogens is 4. The number of rotatable bonds is 8. The van der Waals surface area contributed by atoms with Crippen molar-refractivity contribution in [1.29, 1.82) is 0 Å². The maximum absolute atomic E-state index is 12.5. The molecule has 1 atom stereocenters. The standard InChI is InChI=1S/C15H29F3N4S.HI/c1-4-21(12-15(16,17)18)10-13-6-8-22(11-13)14(19-2)20-7-5-9-23-3;/h13H,4-12H2,1-3H3,(H,19,20);1H. The average Bonchev–Trinajstić information content (AvgIpc) is 2.93. The van der Waals surface area contributed by atoms with Gasteiger partial charge < -0.3 is 10.2 Å². The van der Waals surface area contributed by atoms with Crippen LogP contribution in [0, 0.1) is 5.92 Å². The first kappa shape index (κ1) is 24.1. The third-order valence-electron chi connectivity index (χ3n) is 3.97. The summed E-state index contributed by atoms with van der Waals surface area (Å²) in [5.74, 6) is 2.24. The maximum Gasteiger partial charge on any atom is 0.401 e. The minimum Gasteiger partial charge on any atom is -0.356 e. The second-order valence-corrected chi connectivity index (χ2v) is 6.85. The summed E-state index contributed by atoms with van der Waals surface area (Å²) in [6.45, 7) is 4.40. The second kappa shape index (κ2) is 12.5. The molecule has 1 N–H and O–H groups in total. The summed E-state index contributed by atoms with van der Waals surface area (Å²) in [5.41, 5.74) is 0. The van der Waals surface area contributed by atoms with Crippen molar-refractivity contribution in [2.24, 2.45) is 10.9 Å². The van der Waals surface area contributed by atoms with Gasteiger partial charge in [-0.2, -0.15) is 24.9 Å². The van der Waals surface area contributed by atoms with Gasteiger partial charge in [0, 0.05) is 33.2 Å². The average molecular weight is 482 g/mol. The van der Waals surface area contributed by atoms with E-state index in [1.807, 2.05) is 11.8 Å². The van der Waals surface area contributed by atoms with Gasteiger partial charge in [-0.15, -0.1) is 24.0 Å². The van der Waals surface area contributed by atoms with E-state index in [0.29, 0.717) is 13.1 Å². The molecule has 1 fully saturated rings. The molecule has 1 aliphatic rings. The van der Waals surface area contributed by atoms with Crippen LogP contribution in [0.15, 0.2) is 4.99 Å². The van der Waals surface area contributed by atoms with Crippen LogP contribution in [0.4, 0.5) is 13.2 Å². The van der Waals surface area contributed by atoms with E-state index in [-0.39, 0.29) is 29.9 Å². The van der Waals surface area contributed by atoms with Crippen LogP contribution in [-0.4, -0.2) is 80.3 Å². The SMILES string of the molecule is CCN(CC1CCN(C(=NC)NCCCSC)C1)CC(F)(F)F.I. The Labute approximate surface area is 165 Å². The molecule has 0 aliphatic carbocycles. The molecule has 144 valence electrons. The molecule has 1 aliphatic heterocycles. The number of guanidine groups is 1. The predicted octanol–water partition coefficient (Wildman–Crippen LogP) is 3.14. The third-order valence-corrected chi connectivity index (χ3v) is 4.67. The van der Waals surface area contributed by atoms with Crippen molar-refractivity contribution in [2.75, 3.05) is 58.3 Å². The van der Waals surface area contributed by atoms with Gasteiger partial charge in [-0.25, -0.2) is 0 Å². The van der Waals surface area contributed by atoms with Crippen molar-refractivity contribution in [3.05, 3.63) is 0 Å². The quantitative estimate of drug-likeness (QED) is 0.249. The summed E-state index contributed by atoms with van der Waals surface area (Å²) in [6.07, 6.45) is -0.0456. The van der Waals surface area contributed by atoms with Gasteiger partial charge in [-0.1, -0.05) is 6.92 Å². The summed E-state index contributed by atoms with van der Waals surface area (Å²) < 4.78 is 37.6. The van der Waals surface area contributed by atoms with Gasteiger partial charge in [0.1, 0.15) is 0 Å². The summed E-state index contributed by atoms with van der Waals surface area (Å²) >= 11 is 1.82. The Hall–Kier alpha value is 0.1000. The first-order valence-corrected chi connectivity index (χ1v) is 9.52. The van der Waals surface area contributed by atoms with Crippen LogP contribution in [-0.2, 0) is 0 Å². The lowest BCUT2D eigenvalue weighted by Gasteiger charge is -2.26. The molecule has 1 unspecified atom stereocenters. The number of nitrogens with zero attached hydrogens (tertiary/aromatic N) is 3. The highest BCUT2D eigenvalue weighted by Crippen LogP contribution is 2.21. The molecule has 0 bridgehead atoms. The molecule has 1 rings (SSSR count). The monoisotopic (exact) mass is 482 g/mol. The number of thioether (sulfide) groups is 1. The van der Waals surface area contributed by atoms with Crippen molar-refractivity contribution in [1.82, 2.24) is 15.1 Å². The highest BCUT2D eigenvalue weighted by Gasteiger charge is 2.32. The smallest absolute Gasteiger partial charge is 0.356 e. The minimum atomic E-state index is -4.12. The summed E-state index contributed by atoms with van der Waals surface area (Å²) in [7, 11) is 1.76. The fraction of sp³-hybridized carbons (Fsp3) is 0.933. The van der Waals surface area contributed by atoms with Crippen LogP contribution in [0.1, 0.15) is 19.8 Å². The molecule has 1 heterocycles. The van der Waals surface area contributed by atoms with Gasteiger partial charge in [-0.3, -0.25) is 9.89 Å². The first-order chi connectivity index (χ1) is 10.9. The Kier molecular flexibility index (Phi) is 12.5. The molecule has 0 aromatic heterocycles. The summed E-state index contributed by atoms with van der Waals surface area (Å²) in [5, 5.41) is 3.34. The van der Waals surface area contributed by atoms with E-state index in [4.69, 9.17) is 0 Å². The van der Waals surface area contributed by atoms with Gasteiger partial charge in [-0.05, 0) is 37.3 Å². The number of likely N-dealkylation sites (tertiary alicyclic amines) is 1. The molecule has 9 heteroatoms. The van der Waals surface area contributed by atoms with E-state index in [9.17, 15) is 13.2 Å². The number of hydrogen-bond donors (Lipinski definition) is 1. The van der Waals surface area contributed by atoms with E-state index in [0.717, 1.165) is 44.2 Å². The number of nitrogens with one attached hydrogen (secondary N) is 1. The largest absolute Gasteiger partial charge is 0.401 e. The van der Waals surface area contributed by atoms with E-state index < -0.39 is 12.7 Å². The molecule has 0 spiro atoms. The van der Waals surface area contributed by atoms with E-state index in [1.165, 1.54) is 4.90 Å². The highest BCUT2D eigenvalue weighted by molar-refractivity contribution is 14.0. The Morgan fingerprint density at radius 1 is 1.42 bits per heavy atom. The number of hydrogen-bond acceptors (Lipinski definition) is 3. The van der Waals surface area contributed by atoms with Crippen LogP contribution in [0.25, 0.3) is 0 Å². The van der Waals surface area contributed by atoms with Gasteiger partial charge in [0.05, 0.1) is 6.54 Å². The topological polar surface area (TPSA) is 30.9 Å². The highest BCUT2D eigenvalue weighted by atomic mass is 127. The minimum absolute atomic E-state index is 0. The first-order valence-electron chi connectivity index (χ1n) is 8.13. The molecule has 0 amide bonds. The van der Waals surface area contributed by atoms with E-state index >= 15 is 0 Å². The molecular formula is C15H30F3IN4S. The van der Waals surface area contributed by atoms with Crippen LogP contribution in [0.2, 0.25) is 0 Å². The van der Waals surface area contributed by atoms with E-state index in [2.05, 4.69) is 21.5 Å². The lowest BCUT2D eigenvalue weighted by Crippen LogP contribution is -2.42. The van der Waals surface area contributed by atoms with Crippen molar-refractivity contribution in [3.63, 3.8) is 0 Å². The van der Waals surface area contributed by atoms with Gasteiger partial charge in [0.25, 0.3) is 0 Å². The molecule has 0 aromatic carbocycles. The van der Waals surface area contributed by atoms with Crippen molar-refractivity contribution >= 4 is 41.7 Å². The van der Waals surface area contributed by atoms with Gasteiger partial charge in [0.2, 0.25) is 0 Å². The Morgan fingerprint density at radius 3 is 2.67 bits per heavy atom. The Bertz CT molecular complexity index is 369. The lowest BCUT2D eigenvalue weighted by atomic mass is 10.1. The van der Waals surface area contributed by atoms with Crippen LogP contribution in [0.3, 0.4) is 0 Å². The Morgan fingerprint density at radius 2 is 2.12 bits per heavy atom. The fourth-order valence-electron chi connectivity index (χ4n) is 2.85. The third kappa shape index (κ3) is 9.55. The zero-order valence-electron chi connectivity index (χ0n) is 14.7. The van der Waals surface area contributed by atoms with Crippen molar-refractivity contribution in [2.45, 2.75) is 25.9 Å². The second-order valence-electron chi connectivity index (χ2n) is 5.86. The number of alkyl halides is 3. The number of aliphatic imine (C=N–C) groups is 1. The van der Waals surface area contributed by atoms with Crippen LogP contribution < -0.4 is 5.32 Å². The zero-order valence-corrected chi connectivity index (χ0v) is 17.9. The zero-order chi connectivity index (χ0) is 17.3. The fourth-order valence-corrected chi connectivity index (χ4v) is 3.28. The van der Waals surface area contributed by atoms with Gasteiger partial charge in [0.15, 0.2) is 5.96 Å². The maximum atomic E-state index is 12.5. The summed E-state index contributed by atoms with van der Waals surface area (Å²) in [6, 6.07) is 0. The summed E-state index contributed by atoms with van der Waals surface area (Å²) in [4.78, 5) is 7.94. The molecular weight excluding hydrogens is 452 g/mol. The molecule has 24 heavy (non-hydrogen) atoms. The predicted molar refractivity (Wildman–Crippen MR) is 108 cm³/mol. The van der Waals surface area contributed by atoms with Crippen molar-refractivity contribution < 1.29 is 13.2 Å². The lowest BCUT2D eigenvalue weighted by molar-refractivity contribution is -0.146. The van der Waals surface area contributed by atoms with Crippen LogP contribution >= 0.6 is 35.7 Å². The van der Waals surface area contributed by atoms with Crippen molar-refractivity contribution in [3.8, 4) is 0 Å². The molecule has 0 saturated carbocycles. The van der Waals surface area contributed by atoms with Crippen LogP contribution in [0.5, 0.6) is 0 Å². The molecule has 4 nitrogen and oxygen atoms in total. The Balaban J connectivity index is 0.00000529. The normalized spacial score (nSPS) is 18.9.